The van der Waals surface area contributed by atoms with Gasteiger partial charge in [0.2, 0.25) is 0 Å². The average Bonchev–Trinajstić information content (AvgIpc) is 1.37. The molecule has 0 aliphatic carbocycles. The van der Waals surface area contributed by atoms with Crippen LogP contribution in [0.15, 0.2) is 0 Å². The summed E-state index contributed by atoms with van der Waals surface area (Å²) < 4.78 is 0. The molecule has 1 radical (unpaired) electrons. The Morgan fingerprint density at radius 2 is 1.83 bits per heavy atom. The van der Waals surface area contributed by atoms with E-state index in [1.165, 1.54) is 0 Å². The predicted octanol–water partition coefficient (Wildman–Crippen LogP) is 0.488. The summed E-state index contributed by atoms with van der Waals surface area (Å²) in [6, 6.07) is 0. The molecule has 2 heteroatoms. The van der Waals surface area contributed by atoms with Gasteiger partial charge in [0.15, 0.2) is 0 Å². The number of hydrogen-bond acceptors (Lipinski definition) is 1. The van der Waals surface area contributed by atoms with Gasteiger partial charge in [-0.15, -0.1) is 6.54 Å². The standard InChI is InChI=1S/C3H8N.CH3.Y/c1-3-4-2;;/h4H,1,3H2,2H3;1H3;/q2*-1;. The second kappa shape index (κ2) is 16.6. The van der Waals surface area contributed by atoms with Gasteiger partial charge in [-0.1, -0.05) is 0 Å². The first-order valence-corrected chi connectivity index (χ1v) is 1.35. The first-order valence-electron chi connectivity index (χ1n) is 1.35. The molecule has 0 unspecified atom stereocenters. The SMILES string of the molecule is [CH2-]CNC.[CH3-].[Y]. The van der Waals surface area contributed by atoms with Crippen LogP contribution in [0, 0.1) is 14.4 Å². The quantitative estimate of drug-likeness (QED) is 0.553. The van der Waals surface area contributed by atoms with Crippen molar-refractivity contribution < 1.29 is 32.7 Å². The Labute approximate surface area is 65.8 Å². The van der Waals surface area contributed by atoms with E-state index in [-0.39, 0.29) is 40.1 Å². The predicted molar refractivity (Wildman–Crippen MR) is 25.7 cm³/mol. The molecule has 0 aromatic rings. The Bertz CT molecular complexity index is 9.51. The Balaban J connectivity index is -0.0000000450. The van der Waals surface area contributed by atoms with Crippen molar-refractivity contribution >= 4 is 0 Å². The van der Waals surface area contributed by atoms with Crippen molar-refractivity contribution in [2.75, 3.05) is 13.6 Å². The molecule has 0 atom stereocenters. The van der Waals surface area contributed by atoms with Gasteiger partial charge in [-0.05, 0) is 7.05 Å². The maximum Gasteiger partial charge on any atom is 0 e. The fourth-order valence-corrected chi connectivity index (χ4v) is 0. The maximum atomic E-state index is 3.49. The van der Waals surface area contributed by atoms with Gasteiger partial charge in [0.1, 0.15) is 0 Å². The van der Waals surface area contributed by atoms with Crippen LogP contribution < -0.4 is 5.32 Å². The van der Waals surface area contributed by atoms with Gasteiger partial charge in [0, 0.05) is 32.7 Å². The van der Waals surface area contributed by atoms with Crippen molar-refractivity contribution in [3.8, 4) is 0 Å². The van der Waals surface area contributed by atoms with E-state index in [1.54, 1.807) is 0 Å². The van der Waals surface area contributed by atoms with Crippen LogP contribution in [0.2, 0.25) is 0 Å². The summed E-state index contributed by atoms with van der Waals surface area (Å²) in [6.07, 6.45) is 0. The van der Waals surface area contributed by atoms with E-state index in [0.717, 1.165) is 6.54 Å². The first kappa shape index (κ1) is 15.7. The summed E-state index contributed by atoms with van der Waals surface area (Å²) in [4.78, 5) is 0. The molecule has 0 aliphatic heterocycles. The molecule has 37 valence electrons. The smallest absolute Gasteiger partial charge is 0 e. The largest absolute Gasteiger partial charge is 0.358 e. The molecule has 0 aromatic carbocycles. The average molecular weight is 162 g/mol. The zero-order valence-corrected chi connectivity index (χ0v) is 7.33. The van der Waals surface area contributed by atoms with E-state index in [9.17, 15) is 0 Å². The Morgan fingerprint density at radius 1 is 1.67 bits per heavy atom. The van der Waals surface area contributed by atoms with Gasteiger partial charge < -0.3 is 19.7 Å². The van der Waals surface area contributed by atoms with Crippen molar-refractivity contribution in [1.82, 2.24) is 5.32 Å². The summed E-state index contributed by atoms with van der Waals surface area (Å²) in [7, 11) is 1.87. The molecule has 0 spiro atoms. The minimum atomic E-state index is 0. The second-order valence-corrected chi connectivity index (χ2v) is 0.604. The summed E-state index contributed by atoms with van der Waals surface area (Å²) in [5.74, 6) is 0. The Kier molecular flexibility index (Phi) is 43.4. The minimum absolute atomic E-state index is 0. The third-order valence-corrected chi connectivity index (χ3v) is 0.250. The van der Waals surface area contributed by atoms with Crippen LogP contribution in [0.1, 0.15) is 0 Å². The summed E-state index contributed by atoms with van der Waals surface area (Å²) in [5, 5.41) is 2.82. The first-order chi connectivity index (χ1) is 1.91. The van der Waals surface area contributed by atoms with E-state index in [1.807, 2.05) is 7.05 Å². The van der Waals surface area contributed by atoms with Gasteiger partial charge in [0.05, 0.1) is 0 Å². The zero-order chi connectivity index (χ0) is 3.41. The van der Waals surface area contributed by atoms with E-state index >= 15 is 0 Å². The van der Waals surface area contributed by atoms with Crippen LogP contribution in [0.5, 0.6) is 0 Å². The molecule has 0 heterocycles. The third-order valence-electron chi connectivity index (χ3n) is 0.250. The van der Waals surface area contributed by atoms with Crippen LogP contribution in [0.4, 0.5) is 0 Å². The van der Waals surface area contributed by atoms with Crippen LogP contribution in [0.25, 0.3) is 0 Å². The van der Waals surface area contributed by atoms with Gasteiger partial charge >= 0.3 is 0 Å². The normalized spacial score (nSPS) is 5.00. The number of rotatable bonds is 1. The second-order valence-electron chi connectivity index (χ2n) is 0.604. The molecular formula is C4H11NY-2. The molecule has 6 heavy (non-hydrogen) atoms. The Hall–Kier alpha value is 1.06. The van der Waals surface area contributed by atoms with E-state index in [0.29, 0.717) is 0 Å². The van der Waals surface area contributed by atoms with Crippen LogP contribution in [-0.4, -0.2) is 13.6 Å². The summed E-state index contributed by atoms with van der Waals surface area (Å²) in [5.41, 5.74) is 0. The minimum Gasteiger partial charge on any atom is -0.358 e. The monoisotopic (exact) mass is 162 g/mol. The number of hydrogen-bond donors (Lipinski definition) is 1. The van der Waals surface area contributed by atoms with Crippen molar-refractivity contribution in [3.63, 3.8) is 0 Å². The van der Waals surface area contributed by atoms with E-state index in [4.69, 9.17) is 0 Å². The molecule has 1 N–H and O–H groups in total. The molecular weight excluding hydrogens is 151 g/mol. The number of nitrogens with one attached hydrogen (secondary N) is 1. The molecule has 0 saturated carbocycles. The molecule has 0 aromatic heterocycles. The fourth-order valence-electron chi connectivity index (χ4n) is 0. The zero-order valence-electron chi connectivity index (χ0n) is 4.49. The van der Waals surface area contributed by atoms with Crippen molar-refractivity contribution in [3.05, 3.63) is 14.4 Å². The maximum absolute atomic E-state index is 3.49. The fraction of sp³-hybridized carbons (Fsp3) is 0.500. The molecule has 0 fully saturated rings. The molecule has 0 rings (SSSR count). The van der Waals surface area contributed by atoms with Crippen molar-refractivity contribution in [1.29, 1.82) is 0 Å². The molecule has 0 amide bonds. The van der Waals surface area contributed by atoms with Crippen LogP contribution in [0.3, 0.4) is 0 Å². The molecule has 1 nitrogen and oxygen atoms in total. The summed E-state index contributed by atoms with van der Waals surface area (Å²) in [6.45, 7) is 4.31. The molecule has 0 aliphatic rings. The molecule has 0 saturated heterocycles. The van der Waals surface area contributed by atoms with Crippen LogP contribution >= 0.6 is 0 Å². The van der Waals surface area contributed by atoms with Gasteiger partial charge in [-0.2, -0.15) is 0 Å². The summed E-state index contributed by atoms with van der Waals surface area (Å²) >= 11 is 0. The Morgan fingerprint density at radius 3 is 1.83 bits per heavy atom. The third kappa shape index (κ3) is 19.6. The van der Waals surface area contributed by atoms with Gasteiger partial charge in [-0.25, -0.2) is 0 Å². The van der Waals surface area contributed by atoms with Crippen molar-refractivity contribution in [2.45, 2.75) is 0 Å². The van der Waals surface area contributed by atoms with Crippen molar-refractivity contribution in [2.24, 2.45) is 0 Å². The van der Waals surface area contributed by atoms with E-state index < -0.39 is 0 Å². The van der Waals surface area contributed by atoms with E-state index in [2.05, 4.69) is 12.2 Å². The topological polar surface area (TPSA) is 12.0 Å². The van der Waals surface area contributed by atoms with Crippen LogP contribution in [-0.2, 0) is 32.7 Å². The van der Waals surface area contributed by atoms with Gasteiger partial charge in [-0.3, -0.25) is 0 Å². The van der Waals surface area contributed by atoms with Gasteiger partial charge in [0.25, 0.3) is 0 Å². The molecule has 0 bridgehead atoms.